The van der Waals surface area contributed by atoms with Crippen LogP contribution in [0.3, 0.4) is 0 Å². The highest BCUT2D eigenvalue weighted by Gasteiger charge is 2.06. The van der Waals surface area contributed by atoms with E-state index in [1.807, 2.05) is 13.0 Å². The molecule has 2 amide bonds. The van der Waals surface area contributed by atoms with Crippen molar-refractivity contribution in [1.29, 1.82) is 0 Å². The molecule has 0 bridgehead atoms. The van der Waals surface area contributed by atoms with Crippen LogP contribution in [-0.2, 0) is 9.53 Å². The monoisotopic (exact) mass is 375 g/mol. The molecule has 2 aromatic carbocycles. The van der Waals surface area contributed by atoms with Crippen molar-refractivity contribution in [3.63, 3.8) is 0 Å². The van der Waals surface area contributed by atoms with Crippen LogP contribution in [0.2, 0.25) is 5.02 Å². The largest absolute Gasteiger partial charge is 0.383 e. The number of ether oxygens (including phenoxy) is 1. The molecule has 3 N–H and O–H groups in total. The van der Waals surface area contributed by atoms with Gasteiger partial charge in [0.1, 0.15) is 0 Å². The van der Waals surface area contributed by atoms with Gasteiger partial charge in [0, 0.05) is 35.6 Å². The van der Waals surface area contributed by atoms with Crippen molar-refractivity contribution in [3.05, 3.63) is 58.6 Å². The van der Waals surface area contributed by atoms with Crippen LogP contribution in [0.25, 0.3) is 0 Å². The minimum Gasteiger partial charge on any atom is -0.383 e. The summed E-state index contributed by atoms with van der Waals surface area (Å²) in [5.41, 5.74) is 2.89. The Morgan fingerprint density at radius 3 is 2.42 bits per heavy atom. The Morgan fingerprint density at radius 1 is 1.08 bits per heavy atom. The molecule has 6 nitrogen and oxygen atoms in total. The van der Waals surface area contributed by atoms with E-state index in [-0.39, 0.29) is 18.4 Å². The molecule has 2 rings (SSSR count). The van der Waals surface area contributed by atoms with E-state index in [0.717, 1.165) is 11.3 Å². The number of methoxy groups -OCH3 is 1. The van der Waals surface area contributed by atoms with Gasteiger partial charge in [-0.2, -0.15) is 0 Å². The number of aryl methyl sites for hydroxylation is 1. The molecule has 0 aliphatic heterocycles. The van der Waals surface area contributed by atoms with Crippen LogP contribution in [0.4, 0.5) is 11.4 Å². The van der Waals surface area contributed by atoms with E-state index in [0.29, 0.717) is 29.4 Å². The molecule has 26 heavy (non-hydrogen) atoms. The van der Waals surface area contributed by atoms with Crippen molar-refractivity contribution in [1.82, 2.24) is 5.32 Å². The first-order valence-electron chi connectivity index (χ1n) is 8.16. The van der Waals surface area contributed by atoms with Crippen molar-refractivity contribution in [2.75, 3.05) is 37.4 Å². The predicted octanol–water partition coefficient (Wildman–Crippen LogP) is 3.08. The molecular weight excluding hydrogens is 354 g/mol. The maximum absolute atomic E-state index is 12.0. The van der Waals surface area contributed by atoms with Gasteiger partial charge >= 0.3 is 0 Å². The SMILES string of the molecule is COCCNC(=O)c1ccc(NCC(=O)Nc2ccc(C)c(Cl)c2)cc1. The third kappa shape index (κ3) is 6.06. The number of carbonyl (C=O) groups excluding carboxylic acids is 2. The molecule has 0 atom stereocenters. The predicted molar refractivity (Wildman–Crippen MR) is 104 cm³/mol. The Labute approximate surface area is 157 Å². The number of hydrogen-bond donors (Lipinski definition) is 3. The van der Waals surface area contributed by atoms with Gasteiger partial charge in [0.2, 0.25) is 5.91 Å². The van der Waals surface area contributed by atoms with Crippen molar-refractivity contribution < 1.29 is 14.3 Å². The molecule has 0 saturated heterocycles. The van der Waals surface area contributed by atoms with E-state index in [9.17, 15) is 9.59 Å². The van der Waals surface area contributed by atoms with E-state index in [1.165, 1.54) is 0 Å². The van der Waals surface area contributed by atoms with Gasteiger partial charge in [0.05, 0.1) is 13.2 Å². The summed E-state index contributed by atoms with van der Waals surface area (Å²) in [4.78, 5) is 23.9. The van der Waals surface area contributed by atoms with Crippen LogP contribution in [0.5, 0.6) is 0 Å². The van der Waals surface area contributed by atoms with E-state index >= 15 is 0 Å². The second-order valence-corrected chi connectivity index (χ2v) is 6.10. The van der Waals surface area contributed by atoms with Crippen molar-refractivity contribution in [3.8, 4) is 0 Å². The summed E-state index contributed by atoms with van der Waals surface area (Å²) in [6.45, 7) is 2.92. The highest BCUT2D eigenvalue weighted by Crippen LogP contribution is 2.19. The van der Waals surface area contributed by atoms with Crippen molar-refractivity contribution in [2.24, 2.45) is 0 Å². The lowest BCUT2D eigenvalue weighted by atomic mass is 10.2. The van der Waals surface area contributed by atoms with E-state index in [1.54, 1.807) is 43.5 Å². The number of carbonyl (C=O) groups is 2. The second-order valence-electron chi connectivity index (χ2n) is 5.69. The lowest BCUT2D eigenvalue weighted by Crippen LogP contribution is -2.26. The zero-order valence-corrected chi connectivity index (χ0v) is 15.5. The fraction of sp³-hybridized carbons (Fsp3) is 0.263. The molecule has 0 saturated carbocycles. The minimum atomic E-state index is -0.189. The number of nitrogens with one attached hydrogen (secondary N) is 3. The van der Waals surface area contributed by atoms with Gasteiger partial charge in [-0.1, -0.05) is 17.7 Å². The highest BCUT2D eigenvalue weighted by molar-refractivity contribution is 6.31. The quantitative estimate of drug-likeness (QED) is 0.619. The lowest BCUT2D eigenvalue weighted by Gasteiger charge is -2.10. The summed E-state index contributed by atoms with van der Waals surface area (Å²) in [7, 11) is 1.58. The molecule has 0 spiro atoms. The van der Waals surface area contributed by atoms with Crippen LogP contribution in [0, 0.1) is 6.92 Å². The summed E-state index contributed by atoms with van der Waals surface area (Å²) >= 11 is 6.04. The van der Waals surface area contributed by atoms with Gasteiger partial charge in [-0.25, -0.2) is 0 Å². The summed E-state index contributed by atoms with van der Waals surface area (Å²) in [6, 6.07) is 12.3. The molecule has 7 heteroatoms. The van der Waals surface area contributed by atoms with Crippen LogP contribution < -0.4 is 16.0 Å². The molecule has 0 fully saturated rings. The Balaban J connectivity index is 1.82. The Bertz CT molecular complexity index is 763. The van der Waals surface area contributed by atoms with E-state index in [4.69, 9.17) is 16.3 Å². The van der Waals surface area contributed by atoms with Gasteiger partial charge in [-0.15, -0.1) is 0 Å². The Morgan fingerprint density at radius 2 is 1.77 bits per heavy atom. The first-order valence-corrected chi connectivity index (χ1v) is 8.54. The Kier molecular flexibility index (Phi) is 7.44. The number of halogens is 1. The summed E-state index contributed by atoms with van der Waals surface area (Å²) in [5.74, 6) is -0.353. The zero-order chi connectivity index (χ0) is 18.9. The van der Waals surface area contributed by atoms with Crippen molar-refractivity contribution in [2.45, 2.75) is 6.92 Å². The molecule has 138 valence electrons. The average molecular weight is 376 g/mol. The molecule has 2 aromatic rings. The number of rotatable bonds is 8. The standard InChI is InChI=1S/C19H22ClN3O3/c1-13-3-6-16(11-17(13)20)23-18(24)12-22-15-7-4-14(5-8-15)19(25)21-9-10-26-2/h3-8,11,22H,9-10,12H2,1-2H3,(H,21,25)(H,23,24). The van der Waals surface area contributed by atoms with Gasteiger partial charge in [-0.05, 0) is 48.9 Å². The van der Waals surface area contributed by atoms with Gasteiger partial charge in [-0.3, -0.25) is 9.59 Å². The average Bonchev–Trinajstić information content (AvgIpc) is 2.63. The number of anilines is 2. The van der Waals surface area contributed by atoms with Crippen LogP contribution in [-0.4, -0.2) is 38.6 Å². The number of hydrogen-bond acceptors (Lipinski definition) is 4. The Hall–Kier alpha value is -2.57. The van der Waals surface area contributed by atoms with Gasteiger partial charge in [0.25, 0.3) is 5.91 Å². The summed E-state index contributed by atoms with van der Waals surface area (Å²) in [6.07, 6.45) is 0. The summed E-state index contributed by atoms with van der Waals surface area (Å²) < 4.78 is 4.89. The second kappa shape index (κ2) is 9.79. The van der Waals surface area contributed by atoms with E-state index < -0.39 is 0 Å². The maximum Gasteiger partial charge on any atom is 0.251 e. The lowest BCUT2D eigenvalue weighted by molar-refractivity contribution is -0.114. The fourth-order valence-corrected chi connectivity index (χ4v) is 2.35. The maximum atomic E-state index is 12.0. The molecule has 0 aliphatic rings. The van der Waals surface area contributed by atoms with Crippen LogP contribution in [0.1, 0.15) is 15.9 Å². The van der Waals surface area contributed by atoms with Gasteiger partial charge in [0.15, 0.2) is 0 Å². The highest BCUT2D eigenvalue weighted by atomic mass is 35.5. The topological polar surface area (TPSA) is 79.5 Å². The summed E-state index contributed by atoms with van der Waals surface area (Å²) in [5, 5.41) is 9.14. The first-order chi connectivity index (χ1) is 12.5. The van der Waals surface area contributed by atoms with Crippen LogP contribution >= 0.6 is 11.6 Å². The minimum absolute atomic E-state index is 0.102. The molecule has 0 aliphatic carbocycles. The van der Waals surface area contributed by atoms with Crippen LogP contribution in [0.15, 0.2) is 42.5 Å². The molecule has 0 heterocycles. The number of benzene rings is 2. The molecule has 0 unspecified atom stereocenters. The van der Waals surface area contributed by atoms with E-state index in [2.05, 4.69) is 16.0 Å². The van der Waals surface area contributed by atoms with Crippen molar-refractivity contribution >= 4 is 34.8 Å². The molecule has 0 aromatic heterocycles. The third-order valence-corrected chi connectivity index (χ3v) is 4.05. The molecule has 0 radical (unpaired) electrons. The zero-order valence-electron chi connectivity index (χ0n) is 14.8. The number of amides is 2. The fourth-order valence-electron chi connectivity index (χ4n) is 2.17. The first kappa shape index (κ1) is 19.8. The third-order valence-electron chi connectivity index (χ3n) is 3.65. The molecular formula is C19H22ClN3O3. The smallest absolute Gasteiger partial charge is 0.251 e. The van der Waals surface area contributed by atoms with Gasteiger partial charge < -0.3 is 20.7 Å². The normalized spacial score (nSPS) is 10.3.